The van der Waals surface area contributed by atoms with Gasteiger partial charge in [0.1, 0.15) is 11.5 Å². The molecule has 5 nitrogen and oxygen atoms in total. The predicted octanol–water partition coefficient (Wildman–Crippen LogP) is 2.62. The number of hydrogen-bond donors (Lipinski definition) is 2. The number of benzene rings is 1. The van der Waals surface area contributed by atoms with Crippen LogP contribution in [0.25, 0.3) is 0 Å². The van der Waals surface area contributed by atoms with E-state index < -0.39 is 0 Å². The van der Waals surface area contributed by atoms with E-state index in [0.717, 1.165) is 0 Å². The molecular formula is C14H14N2O3S. The van der Waals surface area contributed by atoms with Gasteiger partial charge in [-0.25, -0.2) is 5.43 Å². The number of nitrogens with one attached hydrogen (secondary N) is 1. The van der Waals surface area contributed by atoms with Crippen molar-refractivity contribution in [2.24, 2.45) is 5.10 Å². The van der Waals surface area contributed by atoms with Gasteiger partial charge in [-0.1, -0.05) is 6.07 Å². The summed E-state index contributed by atoms with van der Waals surface area (Å²) in [4.78, 5) is 12.3. The Balaban J connectivity index is 2.12. The topological polar surface area (TPSA) is 70.9 Å². The largest absolute Gasteiger partial charge is 0.507 e. The lowest BCUT2D eigenvalue weighted by Gasteiger charge is -2.06. The smallest absolute Gasteiger partial charge is 0.281 e. The first-order chi connectivity index (χ1) is 9.61. The minimum absolute atomic E-state index is 0.0518. The standard InChI is InChI=1S/C14H14N2O3S/c1-9(11-6-5-10(19-2)8-12(11)17)15-16-14(18)13-4-3-7-20-13/h3-8,17H,1-2H3,(H,16,18)/b15-9+. The molecule has 1 heterocycles. The summed E-state index contributed by atoms with van der Waals surface area (Å²) in [5, 5.41) is 15.7. The van der Waals surface area contributed by atoms with Gasteiger partial charge in [-0.3, -0.25) is 4.79 Å². The second kappa shape index (κ2) is 6.21. The van der Waals surface area contributed by atoms with Gasteiger partial charge in [-0.15, -0.1) is 11.3 Å². The van der Waals surface area contributed by atoms with Crippen LogP contribution in [0, 0.1) is 0 Å². The van der Waals surface area contributed by atoms with Crippen LogP contribution in [-0.2, 0) is 0 Å². The second-order valence-corrected chi connectivity index (χ2v) is 4.95. The quantitative estimate of drug-likeness (QED) is 0.671. The third kappa shape index (κ3) is 3.16. The number of ether oxygens (including phenoxy) is 1. The molecule has 0 spiro atoms. The van der Waals surface area contributed by atoms with E-state index in [1.807, 2.05) is 5.38 Å². The molecule has 0 aliphatic carbocycles. The maximum Gasteiger partial charge on any atom is 0.281 e. The zero-order valence-corrected chi connectivity index (χ0v) is 11.9. The molecule has 1 aromatic heterocycles. The molecule has 2 N–H and O–H groups in total. The van der Waals surface area contributed by atoms with Crippen LogP contribution in [0.4, 0.5) is 0 Å². The molecule has 2 aromatic rings. The average Bonchev–Trinajstić information content (AvgIpc) is 2.98. The highest BCUT2D eigenvalue weighted by Gasteiger charge is 2.08. The van der Waals surface area contributed by atoms with E-state index in [2.05, 4.69) is 10.5 Å². The number of carbonyl (C=O) groups is 1. The Morgan fingerprint density at radius 3 is 2.80 bits per heavy atom. The van der Waals surface area contributed by atoms with E-state index in [1.165, 1.54) is 24.5 Å². The van der Waals surface area contributed by atoms with Crippen molar-refractivity contribution in [1.29, 1.82) is 0 Å². The maximum atomic E-state index is 11.7. The summed E-state index contributed by atoms with van der Waals surface area (Å²) in [6.45, 7) is 1.70. The molecule has 0 atom stereocenters. The zero-order valence-electron chi connectivity index (χ0n) is 11.1. The molecule has 104 valence electrons. The van der Waals surface area contributed by atoms with Gasteiger partial charge in [0.25, 0.3) is 5.91 Å². The van der Waals surface area contributed by atoms with Crippen molar-refractivity contribution >= 4 is 23.0 Å². The van der Waals surface area contributed by atoms with Crippen molar-refractivity contribution in [2.45, 2.75) is 6.92 Å². The number of phenolic OH excluding ortho intramolecular Hbond substituents is 1. The Hall–Kier alpha value is -2.34. The van der Waals surface area contributed by atoms with Crippen molar-refractivity contribution in [3.8, 4) is 11.5 Å². The monoisotopic (exact) mass is 290 g/mol. The Morgan fingerprint density at radius 1 is 1.40 bits per heavy atom. The number of amides is 1. The van der Waals surface area contributed by atoms with Crippen LogP contribution in [0.15, 0.2) is 40.8 Å². The third-order valence-electron chi connectivity index (χ3n) is 2.66. The fourth-order valence-corrected chi connectivity index (χ4v) is 2.22. The third-order valence-corrected chi connectivity index (χ3v) is 3.53. The van der Waals surface area contributed by atoms with Crippen molar-refractivity contribution < 1.29 is 14.6 Å². The molecule has 0 saturated heterocycles. The van der Waals surface area contributed by atoms with E-state index in [4.69, 9.17) is 4.74 Å². The molecular weight excluding hydrogens is 276 g/mol. The van der Waals surface area contributed by atoms with Crippen LogP contribution in [0.2, 0.25) is 0 Å². The van der Waals surface area contributed by atoms with E-state index in [9.17, 15) is 9.90 Å². The number of methoxy groups -OCH3 is 1. The maximum absolute atomic E-state index is 11.7. The number of hydrazone groups is 1. The Kier molecular flexibility index (Phi) is 4.37. The lowest BCUT2D eigenvalue weighted by atomic mass is 10.1. The lowest BCUT2D eigenvalue weighted by Crippen LogP contribution is -2.18. The minimum atomic E-state index is -0.271. The molecule has 0 aliphatic rings. The molecule has 2 rings (SSSR count). The van der Waals surface area contributed by atoms with Gasteiger partial charge in [0.2, 0.25) is 0 Å². The highest BCUT2D eigenvalue weighted by molar-refractivity contribution is 7.12. The molecule has 0 fully saturated rings. The van der Waals surface area contributed by atoms with Gasteiger partial charge in [-0.05, 0) is 30.5 Å². The number of thiophene rings is 1. The van der Waals surface area contributed by atoms with Gasteiger partial charge in [0, 0.05) is 11.6 Å². The fraction of sp³-hybridized carbons (Fsp3) is 0.143. The van der Waals surface area contributed by atoms with Gasteiger partial charge in [-0.2, -0.15) is 5.10 Å². The van der Waals surface area contributed by atoms with Crippen molar-refractivity contribution in [3.05, 3.63) is 46.2 Å². The van der Waals surface area contributed by atoms with Crippen LogP contribution in [0.3, 0.4) is 0 Å². The van der Waals surface area contributed by atoms with E-state index in [1.54, 1.807) is 31.2 Å². The average molecular weight is 290 g/mol. The highest BCUT2D eigenvalue weighted by Crippen LogP contribution is 2.23. The number of nitrogens with zero attached hydrogens (tertiary/aromatic N) is 1. The first-order valence-electron chi connectivity index (χ1n) is 5.87. The molecule has 1 aromatic carbocycles. The second-order valence-electron chi connectivity index (χ2n) is 4.00. The number of hydrogen-bond acceptors (Lipinski definition) is 5. The lowest BCUT2D eigenvalue weighted by molar-refractivity contribution is 0.0959. The van der Waals surface area contributed by atoms with Crippen molar-refractivity contribution in [2.75, 3.05) is 7.11 Å². The summed E-state index contributed by atoms with van der Waals surface area (Å²) >= 11 is 1.34. The molecule has 20 heavy (non-hydrogen) atoms. The van der Waals surface area contributed by atoms with E-state index >= 15 is 0 Å². The van der Waals surface area contributed by atoms with Gasteiger partial charge in [0.05, 0.1) is 17.7 Å². The first-order valence-corrected chi connectivity index (χ1v) is 6.75. The summed E-state index contributed by atoms with van der Waals surface area (Å²) in [6, 6.07) is 8.41. The Morgan fingerprint density at radius 2 is 2.20 bits per heavy atom. The molecule has 0 saturated carbocycles. The summed E-state index contributed by atoms with van der Waals surface area (Å²) in [7, 11) is 1.52. The molecule has 1 amide bonds. The van der Waals surface area contributed by atoms with Crippen LogP contribution in [0.5, 0.6) is 11.5 Å². The number of aromatic hydroxyl groups is 1. The first kappa shape index (κ1) is 14.1. The number of carbonyl (C=O) groups excluding carboxylic acids is 1. The Labute approximate surface area is 120 Å². The van der Waals surface area contributed by atoms with Gasteiger partial charge >= 0.3 is 0 Å². The SMILES string of the molecule is COc1ccc(/C(C)=N/NC(=O)c2cccs2)c(O)c1. The van der Waals surface area contributed by atoms with Gasteiger partial charge in [0.15, 0.2) is 0 Å². The van der Waals surface area contributed by atoms with Crippen LogP contribution >= 0.6 is 11.3 Å². The predicted molar refractivity (Wildman–Crippen MR) is 78.7 cm³/mol. The molecule has 0 aliphatic heterocycles. The summed E-state index contributed by atoms with van der Waals surface area (Å²) in [5.74, 6) is 0.338. The van der Waals surface area contributed by atoms with Crippen LogP contribution in [-0.4, -0.2) is 23.8 Å². The molecule has 0 unspecified atom stereocenters. The van der Waals surface area contributed by atoms with Crippen LogP contribution < -0.4 is 10.2 Å². The zero-order chi connectivity index (χ0) is 14.5. The molecule has 0 radical (unpaired) electrons. The van der Waals surface area contributed by atoms with Gasteiger partial charge < -0.3 is 9.84 Å². The van der Waals surface area contributed by atoms with E-state index in [-0.39, 0.29) is 11.7 Å². The Bertz CT molecular complexity index is 636. The highest BCUT2D eigenvalue weighted by atomic mass is 32.1. The number of rotatable bonds is 4. The van der Waals surface area contributed by atoms with Crippen molar-refractivity contribution in [1.82, 2.24) is 5.43 Å². The minimum Gasteiger partial charge on any atom is -0.507 e. The molecule has 0 bridgehead atoms. The summed E-state index contributed by atoms with van der Waals surface area (Å²) in [6.07, 6.45) is 0. The number of phenols is 1. The summed E-state index contributed by atoms with van der Waals surface area (Å²) < 4.78 is 5.01. The molecule has 6 heteroatoms. The van der Waals surface area contributed by atoms with E-state index in [0.29, 0.717) is 21.9 Å². The van der Waals surface area contributed by atoms with Crippen LogP contribution in [0.1, 0.15) is 22.2 Å². The fourth-order valence-electron chi connectivity index (χ4n) is 1.60. The normalized spacial score (nSPS) is 11.2. The summed E-state index contributed by atoms with van der Waals surface area (Å²) in [5.41, 5.74) is 3.50. The van der Waals surface area contributed by atoms with Crippen molar-refractivity contribution in [3.63, 3.8) is 0 Å².